The lowest BCUT2D eigenvalue weighted by atomic mass is 10.0. The molecule has 19 heavy (non-hydrogen) atoms. The zero-order valence-corrected chi connectivity index (χ0v) is 11.6. The summed E-state index contributed by atoms with van der Waals surface area (Å²) in [5.41, 5.74) is 0. The molecule has 1 N–H and O–H groups in total. The number of aliphatic carboxylic acids is 1. The van der Waals surface area contributed by atoms with Gasteiger partial charge >= 0.3 is 5.97 Å². The normalized spacial score (nSPS) is 25.2. The minimum absolute atomic E-state index is 0.0586. The molecule has 7 heteroatoms. The molecule has 0 radical (unpaired) electrons. The quantitative estimate of drug-likeness (QED) is 0.750. The van der Waals surface area contributed by atoms with Crippen LogP contribution >= 0.6 is 0 Å². The van der Waals surface area contributed by atoms with Crippen LogP contribution in [0.3, 0.4) is 0 Å². The molecule has 2 fully saturated rings. The zero-order chi connectivity index (χ0) is 14.0. The number of carbonyl (C=O) groups is 2. The Balaban J connectivity index is 1.89. The van der Waals surface area contributed by atoms with Gasteiger partial charge in [0.25, 0.3) is 0 Å². The molecule has 108 valence electrons. The highest BCUT2D eigenvalue weighted by atomic mass is 32.2. The third-order valence-electron chi connectivity index (χ3n) is 3.64. The summed E-state index contributed by atoms with van der Waals surface area (Å²) in [5.74, 6) is -0.761. The van der Waals surface area contributed by atoms with Gasteiger partial charge in [-0.1, -0.05) is 0 Å². The molecule has 2 aliphatic rings. The van der Waals surface area contributed by atoms with Crippen LogP contribution < -0.4 is 0 Å². The van der Waals surface area contributed by atoms with E-state index in [1.165, 1.54) is 4.90 Å². The number of hydrogen-bond acceptors (Lipinski definition) is 4. The van der Waals surface area contributed by atoms with Crippen LogP contribution in [0.25, 0.3) is 0 Å². The topological polar surface area (TPSA) is 91.8 Å². The molecule has 1 unspecified atom stereocenters. The molecule has 6 nitrogen and oxygen atoms in total. The summed E-state index contributed by atoms with van der Waals surface area (Å²) < 4.78 is 22.7. The van der Waals surface area contributed by atoms with Gasteiger partial charge in [0.05, 0.1) is 11.5 Å². The average Bonchev–Trinajstić information content (AvgIpc) is 3.02. The predicted octanol–water partition coefficient (Wildman–Crippen LogP) is 0.134. The maximum atomic E-state index is 12.1. The first kappa shape index (κ1) is 14.3. The lowest BCUT2D eigenvalue weighted by Gasteiger charge is -2.22. The molecular weight excluding hydrogens is 270 g/mol. The number of carboxylic acids is 1. The van der Waals surface area contributed by atoms with E-state index < -0.39 is 15.8 Å². The predicted molar refractivity (Wildman–Crippen MR) is 68.3 cm³/mol. The Morgan fingerprint density at radius 1 is 1.16 bits per heavy atom. The van der Waals surface area contributed by atoms with Crippen LogP contribution in [0, 0.1) is 11.8 Å². The molecule has 1 saturated carbocycles. The van der Waals surface area contributed by atoms with Crippen LogP contribution in [0.15, 0.2) is 0 Å². The standard InChI is InChI=1S/C12H19NO5S/c14-11(5-10-3-4-19(17,18)8-10)13(7-12(15)16)6-9-1-2-9/h9-10H,1-8H2,(H,15,16). The van der Waals surface area contributed by atoms with Crippen molar-refractivity contribution in [1.82, 2.24) is 4.90 Å². The minimum Gasteiger partial charge on any atom is -0.480 e. The van der Waals surface area contributed by atoms with E-state index in [1.807, 2.05) is 0 Å². The van der Waals surface area contributed by atoms with Crippen LogP contribution in [-0.4, -0.2) is 54.9 Å². The SMILES string of the molecule is O=C(O)CN(CC1CC1)C(=O)CC1CCS(=O)(=O)C1. The maximum Gasteiger partial charge on any atom is 0.323 e. The van der Waals surface area contributed by atoms with Crippen molar-refractivity contribution in [2.45, 2.75) is 25.7 Å². The summed E-state index contributed by atoms with van der Waals surface area (Å²) in [6.07, 6.45) is 2.75. The summed E-state index contributed by atoms with van der Waals surface area (Å²) in [4.78, 5) is 24.2. The van der Waals surface area contributed by atoms with Crippen LogP contribution in [0.1, 0.15) is 25.7 Å². The Kier molecular flexibility index (Phi) is 4.13. The van der Waals surface area contributed by atoms with Crippen molar-refractivity contribution in [3.63, 3.8) is 0 Å². The Labute approximate surface area is 112 Å². The van der Waals surface area contributed by atoms with E-state index in [2.05, 4.69) is 0 Å². The lowest BCUT2D eigenvalue weighted by Crippen LogP contribution is -2.38. The summed E-state index contributed by atoms with van der Waals surface area (Å²) in [6, 6.07) is 0. The van der Waals surface area contributed by atoms with Crippen molar-refractivity contribution < 1.29 is 23.1 Å². The fourth-order valence-electron chi connectivity index (χ4n) is 2.44. The van der Waals surface area contributed by atoms with Gasteiger partial charge in [0.15, 0.2) is 9.84 Å². The summed E-state index contributed by atoms with van der Waals surface area (Å²) in [7, 11) is -2.99. The minimum atomic E-state index is -2.99. The van der Waals surface area contributed by atoms with Crippen LogP contribution in [-0.2, 0) is 19.4 Å². The fourth-order valence-corrected chi connectivity index (χ4v) is 4.30. The van der Waals surface area contributed by atoms with Crippen LogP contribution in [0.5, 0.6) is 0 Å². The van der Waals surface area contributed by atoms with E-state index in [1.54, 1.807) is 0 Å². The second kappa shape index (κ2) is 5.48. The van der Waals surface area contributed by atoms with Crippen molar-refractivity contribution in [3.8, 4) is 0 Å². The van der Waals surface area contributed by atoms with Gasteiger partial charge in [-0.2, -0.15) is 0 Å². The Bertz CT molecular complexity index is 469. The van der Waals surface area contributed by atoms with Crippen LogP contribution in [0.2, 0.25) is 0 Å². The molecule has 1 atom stereocenters. The molecule has 2 rings (SSSR count). The molecule has 0 aromatic heterocycles. The number of sulfone groups is 1. The number of carbonyl (C=O) groups excluding carboxylic acids is 1. The third-order valence-corrected chi connectivity index (χ3v) is 5.48. The number of rotatable bonds is 6. The van der Waals surface area contributed by atoms with Gasteiger partial charge in [-0.15, -0.1) is 0 Å². The van der Waals surface area contributed by atoms with Gasteiger partial charge in [-0.25, -0.2) is 8.42 Å². The molecule has 0 aromatic carbocycles. The molecule has 0 bridgehead atoms. The first-order chi connectivity index (χ1) is 8.85. The largest absolute Gasteiger partial charge is 0.480 e. The van der Waals surface area contributed by atoms with Gasteiger partial charge in [0, 0.05) is 13.0 Å². The molecule has 0 aromatic rings. The maximum absolute atomic E-state index is 12.1. The Morgan fingerprint density at radius 3 is 2.32 bits per heavy atom. The van der Waals surface area contributed by atoms with E-state index in [0.717, 1.165) is 12.8 Å². The van der Waals surface area contributed by atoms with Gasteiger partial charge in [-0.3, -0.25) is 9.59 Å². The smallest absolute Gasteiger partial charge is 0.323 e. The second-order valence-electron chi connectivity index (χ2n) is 5.58. The molecule has 1 aliphatic carbocycles. The molecule has 1 heterocycles. The van der Waals surface area contributed by atoms with Crippen molar-refractivity contribution in [2.75, 3.05) is 24.6 Å². The number of hydrogen-bond donors (Lipinski definition) is 1. The molecule has 1 amide bonds. The molecule has 1 saturated heterocycles. The molecule has 1 aliphatic heterocycles. The Hall–Kier alpha value is -1.11. The molecular formula is C12H19NO5S. The monoisotopic (exact) mass is 289 g/mol. The van der Waals surface area contributed by atoms with E-state index in [4.69, 9.17) is 5.11 Å². The van der Waals surface area contributed by atoms with Crippen molar-refractivity contribution in [2.24, 2.45) is 11.8 Å². The van der Waals surface area contributed by atoms with E-state index in [0.29, 0.717) is 18.9 Å². The van der Waals surface area contributed by atoms with Crippen molar-refractivity contribution >= 4 is 21.7 Å². The second-order valence-corrected chi connectivity index (χ2v) is 7.81. The van der Waals surface area contributed by atoms with Crippen molar-refractivity contribution in [3.05, 3.63) is 0 Å². The number of amides is 1. The first-order valence-corrected chi connectivity index (χ1v) is 8.38. The highest BCUT2D eigenvalue weighted by molar-refractivity contribution is 7.91. The van der Waals surface area contributed by atoms with E-state index in [-0.39, 0.29) is 36.3 Å². The lowest BCUT2D eigenvalue weighted by molar-refractivity contribution is -0.145. The summed E-state index contributed by atoms with van der Waals surface area (Å²) >= 11 is 0. The molecule has 0 spiro atoms. The zero-order valence-electron chi connectivity index (χ0n) is 10.7. The average molecular weight is 289 g/mol. The van der Waals surface area contributed by atoms with Gasteiger partial charge in [0.1, 0.15) is 6.54 Å². The number of nitrogens with zero attached hydrogens (tertiary/aromatic N) is 1. The summed E-state index contributed by atoms with van der Waals surface area (Å²) in [6.45, 7) is 0.208. The Morgan fingerprint density at radius 2 is 1.84 bits per heavy atom. The van der Waals surface area contributed by atoms with E-state index in [9.17, 15) is 18.0 Å². The highest BCUT2D eigenvalue weighted by Gasteiger charge is 2.33. The van der Waals surface area contributed by atoms with Gasteiger partial charge < -0.3 is 10.0 Å². The highest BCUT2D eigenvalue weighted by Crippen LogP contribution is 2.30. The van der Waals surface area contributed by atoms with Crippen LogP contribution in [0.4, 0.5) is 0 Å². The van der Waals surface area contributed by atoms with E-state index >= 15 is 0 Å². The van der Waals surface area contributed by atoms with Gasteiger partial charge in [-0.05, 0) is 31.1 Å². The third kappa shape index (κ3) is 4.49. The summed E-state index contributed by atoms with van der Waals surface area (Å²) in [5, 5.41) is 8.82. The van der Waals surface area contributed by atoms with Gasteiger partial charge in [0.2, 0.25) is 5.91 Å². The first-order valence-electron chi connectivity index (χ1n) is 6.56. The fraction of sp³-hybridized carbons (Fsp3) is 0.833. The van der Waals surface area contributed by atoms with Crippen molar-refractivity contribution in [1.29, 1.82) is 0 Å². The number of carboxylic acid groups (broad SMARTS) is 1.